The average Bonchev–Trinajstić information content (AvgIpc) is 3.40. The Morgan fingerprint density at radius 3 is 2.46 bits per heavy atom. The zero-order valence-electron chi connectivity index (χ0n) is 15.4. The molecule has 6 heteroatoms. The Morgan fingerprint density at radius 1 is 1.04 bits per heavy atom. The molecule has 4 aromatic rings. The third-order valence-corrected chi connectivity index (χ3v) is 4.48. The lowest BCUT2D eigenvalue weighted by molar-refractivity contribution is 0.0946. The Bertz CT molecular complexity index is 1070. The van der Waals surface area contributed by atoms with Crippen molar-refractivity contribution in [1.82, 2.24) is 15.5 Å². The minimum atomic E-state index is -0.176. The van der Waals surface area contributed by atoms with Gasteiger partial charge in [-0.2, -0.15) is 0 Å². The molecule has 0 aliphatic rings. The summed E-state index contributed by atoms with van der Waals surface area (Å²) in [6.07, 6.45) is 1.75. The molecule has 0 spiro atoms. The monoisotopic (exact) mass is 372 g/mol. The number of amides is 1. The summed E-state index contributed by atoms with van der Waals surface area (Å²) >= 11 is 0. The molecule has 3 N–H and O–H groups in total. The highest BCUT2D eigenvalue weighted by Gasteiger charge is 2.20. The van der Waals surface area contributed by atoms with E-state index in [-0.39, 0.29) is 5.91 Å². The van der Waals surface area contributed by atoms with E-state index in [2.05, 4.69) is 20.8 Å². The third-order valence-electron chi connectivity index (χ3n) is 4.48. The highest BCUT2D eigenvalue weighted by Crippen LogP contribution is 2.37. The summed E-state index contributed by atoms with van der Waals surface area (Å²) in [6, 6.07) is 21.4. The van der Waals surface area contributed by atoms with E-state index in [4.69, 9.17) is 4.52 Å². The van der Waals surface area contributed by atoms with Crippen molar-refractivity contribution in [3.8, 4) is 22.5 Å². The van der Waals surface area contributed by atoms with Crippen molar-refractivity contribution in [2.45, 2.75) is 6.54 Å². The smallest absolute Gasteiger partial charge is 0.267 e. The summed E-state index contributed by atoms with van der Waals surface area (Å²) in [5, 5.41) is 10.1. The van der Waals surface area contributed by atoms with Crippen molar-refractivity contribution in [3.05, 3.63) is 84.2 Å². The Labute approximate surface area is 162 Å². The van der Waals surface area contributed by atoms with Gasteiger partial charge in [0.05, 0.1) is 5.56 Å². The molecule has 0 aliphatic carbocycles. The first-order valence-electron chi connectivity index (χ1n) is 9.00. The number of anilines is 1. The zero-order chi connectivity index (χ0) is 19.3. The Morgan fingerprint density at radius 2 is 1.75 bits per heavy atom. The molecule has 2 aromatic carbocycles. The van der Waals surface area contributed by atoms with Crippen molar-refractivity contribution in [3.63, 3.8) is 0 Å². The van der Waals surface area contributed by atoms with Crippen LogP contribution in [0.1, 0.15) is 16.1 Å². The number of carbonyl (C=O) groups is 1. The van der Waals surface area contributed by atoms with Crippen molar-refractivity contribution in [1.29, 1.82) is 0 Å². The maximum atomic E-state index is 12.5. The van der Waals surface area contributed by atoms with Gasteiger partial charge in [0.15, 0.2) is 11.6 Å². The first-order valence-corrected chi connectivity index (χ1v) is 9.00. The van der Waals surface area contributed by atoms with Crippen LogP contribution in [0.2, 0.25) is 0 Å². The van der Waals surface area contributed by atoms with Crippen LogP contribution in [0.25, 0.3) is 22.5 Å². The molecule has 2 aromatic heterocycles. The van der Waals surface area contributed by atoms with E-state index >= 15 is 0 Å². The van der Waals surface area contributed by atoms with Gasteiger partial charge in [0.25, 0.3) is 5.91 Å². The van der Waals surface area contributed by atoms with Gasteiger partial charge < -0.3 is 20.1 Å². The molecule has 6 nitrogen and oxygen atoms in total. The molecule has 0 saturated carbocycles. The van der Waals surface area contributed by atoms with Crippen LogP contribution in [0.5, 0.6) is 0 Å². The minimum absolute atomic E-state index is 0.176. The second-order valence-corrected chi connectivity index (χ2v) is 6.32. The maximum absolute atomic E-state index is 12.5. The fourth-order valence-corrected chi connectivity index (χ4v) is 3.06. The van der Waals surface area contributed by atoms with Crippen LogP contribution < -0.4 is 10.6 Å². The molecule has 1 amide bonds. The SMILES string of the molecule is CNc1noc(-c2c[nH]c(C(=O)NCc3ccccc3)c2)c1-c1ccccc1. The van der Waals surface area contributed by atoms with Crippen LogP contribution >= 0.6 is 0 Å². The number of H-pyrrole nitrogens is 1. The number of nitrogens with zero attached hydrogens (tertiary/aromatic N) is 1. The van der Waals surface area contributed by atoms with Crippen molar-refractivity contribution in [2.75, 3.05) is 12.4 Å². The number of carbonyl (C=O) groups excluding carboxylic acids is 1. The predicted octanol–water partition coefficient (Wildman–Crippen LogP) is 4.31. The summed E-state index contributed by atoms with van der Waals surface area (Å²) in [6.45, 7) is 0.468. The largest absolute Gasteiger partial charge is 0.370 e. The van der Waals surface area contributed by atoms with Crippen LogP contribution in [-0.4, -0.2) is 23.1 Å². The second-order valence-electron chi connectivity index (χ2n) is 6.32. The number of rotatable bonds is 6. The van der Waals surface area contributed by atoms with Gasteiger partial charge in [-0.3, -0.25) is 4.79 Å². The van der Waals surface area contributed by atoms with E-state index in [1.807, 2.05) is 60.7 Å². The molecule has 140 valence electrons. The van der Waals surface area contributed by atoms with Gasteiger partial charge in [-0.1, -0.05) is 65.8 Å². The van der Waals surface area contributed by atoms with Crippen LogP contribution in [0, 0.1) is 0 Å². The van der Waals surface area contributed by atoms with Crippen molar-refractivity contribution >= 4 is 11.7 Å². The fraction of sp³-hybridized carbons (Fsp3) is 0.0909. The van der Waals surface area contributed by atoms with Crippen LogP contribution in [0.3, 0.4) is 0 Å². The molecule has 4 rings (SSSR count). The highest BCUT2D eigenvalue weighted by molar-refractivity contribution is 5.95. The van der Waals surface area contributed by atoms with Crippen LogP contribution in [0.4, 0.5) is 5.82 Å². The molecule has 0 fully saturated rings. The lowest BCUT2D eigenvalue weighted by atomic mass is 10.0. The number of hydrogen-bond donors (Lipinski definition) is 3. The Kier molecular flexibility index (Phi) is 4.93. The van der Waals surface area contributed by atoms with Crippen LogP contribution in [0.15, 0.2) is 77.4 Å². The van der Waals surface area contributed by atoms with Gasteiger partial charge in [-0.15, -0.1) is 0 Å². The van der Waals surface area contributed by atoms with E-state index in [0.717, 1.165) is 22.3 Å². The summed E-state index contributed by atoms with van der Waals surface area (Å²) in [5.74, 6) is 1.08. The second kappa shape index (κ2) is 7.84. The maximum Gasteiger partial charge on any atom is 0.267 e. The van der Waals surface area contributed by atoms with Gasteiger partial charge in [0.1, 0.15) is 5.69 Å². The number of hydrogen-bond acceptors (Lipinski definition) is 4. The standard InChI is InChI=1S/C22H20N4O2/c1-23-21-19(16-10-6-3-7-11-16)20(28-26-21)17-12-18(24-14-17)22(27)25-13-15-8-4-2-5-9-15/h2-12,14,24H,13H2,1H3,(H,23,26)(H,25,27). The molecule has 0 unspecified atom stereocenters. The Balaban J connectivity index is 1.58. The summed E-state index contributed by atoms with van der Waals surface area (Å²) in [4.78, 5) is 15.5. The van der Waals surface area contributed by atoms with Gasteiger partial charge >= 0.3 is 0 Å². The number of nitrogens with one attached hydrogen (secondary N) is 3. The summed E-state index contributed by atoms with van der Waals surface area (Å²) in [7, 11) is 1.80. The Hall–Kier alpha value is -3.80. The number of aromatic amines is 1. The molecule has 0 bridgehead atoms. The topological polar surface area (TPSA) is 83.0 Å². The number of benzene rings is 2. The first kappa shape index (κ1) is 17.6. The number of aromatic nitrogens is 2. The van der Waals surface area contributed by atoms with Gasteiger partial charge in [-0.05, 0) is 17.2 Å². The zero-order valence-corrected chi connectivity index (χ0v) is 15.4. The molecule has 28 heavy (non-hydrogen) atoms. The van der Waals surface area contributed by atoms with Gasteiger partial charge in [-0.25, -0.2) is 0 Å². The minimum Gasteiger partial charge on any atom is -0.370 e. The van der Waals surface area contributed by atoms with Crippen LogP contribution in [-0.2, 0) is 6.54 Å². The van der Waals surface area contributed by atoms with Gasteiger partial charge in [0.2, 0.25) is 0 Å². The molecule has 0 atom stereocenters. The average molecular weight is 372 g/mol. The molecular formula is C22H20N4O2. The van der Waals surface area contributed by atoms with E-state index in [1.54, 1.807) is 19.3 Å². The molecule has 0 aliphatic heterocycles. The predicted molar refractivity (Wildman–Crippen MR) is 109 cm³/mol. The van der Waals surface area contributed by atoms with Gasteiger partial charge in [0, 0.05) is 25.4 Å². The van der Waals surface area contributed by atoms with E-state index in [0.29, 0.717) is 23.8 Å². The summed E-state index contributed by atoms with van der Waals surface area (Å²) in [5.41, 5.74) is 4.12. The lowest BCUT2D eigenvalue weighted by Gasteiger charge is -2.03. The van der Waals surface area contributed by atoms with Crippen molar-refractivity contribution in [2.24, 2.45) is 0 Å². The molecular weight excluding hydrogens is 352 g/mol. The molecule has 0 radical (unpaired) electrons. The quantitative estimate of drug-likeness (QED) is 0.471. The van der Waals surface area contributed by atoms with E-state index < -0.39 is 0 Å². The van der Waals surface area contributed by atoms with Crippen molar-refractivity contribution < 1.29 is 9.32 Å². The van der Waals surface area contributed by atoms with E-state index in [9.17, 15) is 4.79 Å². The molecule has 0 saturated heterocycles. The fourth-order valence-electron chi connectivity index (χ4n) is 3.06. The summed E-state index contributed by atoms with van der Waals surface area (Å²) < 4.78 is 5.59. The first-order chi connectivity index (χ1) is 13.8. The third kappa shape index (κ3) is 3.53. The lowest BCUT2D eigenvalue weighted by Crippen LogP contribution is -2.22. The highest BCUT2D eigenvalue weighted by atomic mass is 16.5. The normalized spacial score (nSPS) is 10.6. The van der Waals surface area contributed by atoms with E-state index in [1.165, 1.54) is 0 Å². The molecule has 2 heterocycles.